The Morgan fingerprint density at radius 2 is 2.18 bits per heavy atom. The number of hydrogen-bond donors (Lipinski definition) is 1. The second kappa shape index (κ2) is 9.32. The zero-order valence-corrected chi connectivity index (χ0v) is 17.0. The van der Waals surface area contributed by atoms with E-state index in [1.54, 1.807) is 30.8 Å². The summed E-state index contributed by atoms with van der Waals surface area (Å²) in [6.07, 6.45) is 1.50. The standard InChI is InChI=1S/C20H26N2O5S/c1-3-26-20(25)17-11-16(17)19-22(18(24)12-28-19)8-5-9-27-15-7-4-6-14(10-15)21-13(2)23/h4,6-7,10,16-17,19H,3,5,8-9,11-12H2,1-2H3,(H,21,23). The Morgan fingerprint density at radius 1 is 1.36 bits per heavy atom. The van der Waals surface area contributed by atoms with E-state index in [1.165, 1.54) is 6.92 Å². The summed E-state index contributed by atoms with van der Waals surface area (Å²) in [4.78, 5) is 37.1. The minimum Gasteiger partial charge on any atom is -0.493 e. The monoisotopic (exact) mass is 406 g/mol. The highest BCUT2D eigenvalue weighted by molar-refractivity contribution is 8.01. The number of anilines is 1. The van der Waals surface area contributed by atoms with Crippen LogP contribution < -0.4 is 10.1 Å². The van der Waals surface area contributed by atoms with E-state index in [0.29, 0.717) is 43.4 Å². The molecule has 8 heteroatoms. The molecule has 2 amide bonds. The molecule has 0 radical (unpaired) electrons. The first-order chi connectivity index (χ1) is 13.5. The number of benzene rings is 1. The van der Waals surface area contributed by atoms with Crippen LogP contribution in [0.4, 0.5) is 5.69 Å². The Kier molecular flexibility index (Phi) is 6.83. The minimum absolute atomic E-state index is 0.0602. The van der Waals surface area contributed by atoms with Gasteiger partial charge in [-0.2, -0.15) is 0 Å². The maximum atomic E-state index is 12.2. The normalized spacial score (nSPS) is 23.4. The Hall–Kier alpha value is -2.22. The molecule has 7 nitrogen and oxygen atoms in total. The third-order valence-electron chi connectivity index (χ3n) is 4.77. The molecular weight excluding hydrogens is 380 g/mol. The maximum absolute atomic E-state index is 12.2. The molecule has 1 heterocycles. The lowest BCUT2D eigenvalue weighted by Gasteiger charge is -2.24. The van der Waals surface area contributed by atoms with Crippen LogP contribution in [0, 0.1) is 11.8 Å². The van der Waals surface area contributed by atoms with Gasteiger partial charge in [0, 0.05) is 31.1 Å². The molecule has 1 N–H and O–H groups in total. The SMILES string of the molecule is CCOC(=O)C1CC1C1SCC(=O)N1CCCOc1cccc(NC(C)=O)c1. The minimum atomic E-state index is -0.144. The molecule has 1 saturated carbocycles. The smallest absolute Gasteiger partial charge is 0.309 e. The molecule has 2 fully saturated rings. The molecule has 0 spiro atoms. The van der Waals surface area contributed by atoms with Gasteiger partial charge in [0.1, 0.15) is 5.75 Å². The Morgan fingerprint density at radius 3 is 2.93 bits per heavy atom. The van der Waals surface area contributed by atoms with E-state index in [-0.39, 0.29) is 35.0 Å². The molecule has 1 aliphatic carbocycles. The van der Waals surface area contributed by atoms with Gasteiger partial charge in [-0.05, 0) is 31.9 Å². The van der Waals surface area contributed by atoms with Crippen LogP contribution in [0.1, 0.15) is 26.7 Å². The van der Waals surface area contributed by atoms with E-state index >= 15 is 0 Å². The summed E-state index contributed by atoms with van der Waals surface area (Å²) in [6, 6.07) is 7.22. The number of rotatable bonds is 9. The molecule has 3 rings (SSSR count). The van der Waals surface area contributed by atoms with Crippen LogP contribution >= 0.6 is 11.8 Å². The fourth-order valence-corrected chi connectivity index (χ4v) is 4.85. The van der Waals surface area contributed by atoms with E-state index in [0.717, 1.165) is 6.42 Å². The number of esters is 1. The number of nitrogens with one attached hydrogen (secondary N) is 1. The summed E-state index contributed by atoms with van der Waals surface area (Å²) in [5, 5.41) is 2.78. The molecule has 3 unspecified atom stereocenters. The number of carbonyl (C=O) groups is 3. The van der Waals surface area contributed by atoms with Crippen molar-refractivity contribution in [3.63, 3.8) is 0 Å². The van der Waals surface area contributed by atoms with Gasteiger partial charge in [0.15, 0.2) is 0 Å². The second-order valence-electron chi connectivity index (χ2n) is 6.96. The molecule has 152 valence electrons. The molecule has 1 saturated heterocycles. The molecule has 1 aromatic carbocycles. The summed E-state index contributed by atoms with van der Waals surface area (Å²) in [6.45, 7) is 4.73. The van der Waals surface area contributed by atoms with Gasteiger partial charge in [0.05, 0.1) is 30.3 Å². The van der Waals surface area contributed by atoms with Crippen molar-refractivity contribution in [1.82, 2.24) is 4.90 Å². The Balaban J connectivity index is 1.45. The average molecular weight is 407 g/mol. The summed E-state index contributed by atoms with van der Waals surface area (Å²) in [5.41, 5.74) is 0.690. The van der Waals surface area contributed by atoms with Crippen molar-refractivity contribution in [1.29, 1.82) is 0 Å². The molecule has 0 aromatic heterocycles. The van der Waals surface area contributed by atoms with Gasteiger partial charge in [0.2, 0.25) is 11.8 Å². The van der Waals surface area contributed by atoms with Crippen LogP contribution in [0.3, 0.4) is 0 Å². The molecule has 0 bridgehead atoms. The highest BCUT2D eigenvalue weighted by Gasteiger charge is 2.53. The zero-order chi connectivity index (χ0) is 20.1. The first-order valence-corrected chi connectivity index (χ1v) is 10.6. The van der Waals surface area contributed by atoms with E-state index in [9.17, 15) is 14.4 Å². The van der Waals surface area contributed by atoms with E-state index in [4.69, 9.17) is 9.47 Å². The zero-order valence-electron chi connectivity index (χ0n) is 16.2. The first kappa shape index (κ1) is 20.5. The maximum Gasteiger partial charge on any atom is 0.309 e. The molecule has 3 atom stereocenters. The topological polar surface area (TPSA) is 84.9 Å². The van der Waals surface area contributed by atoms with Crippen molar-refractivity contribution >= 4 is 35.2 Å². The van der Waals surface area contributed by atoms with Gasteiger partial charge in [0.25, 0.3) is 0 Å². The van der Waals surface area contributed by atoms with Crippen molar-refractivity contribution < 1.29 is 23.9 Å². The molecule has 1 aliphatic heterocycles. The quantitative estimate of drug-likeness (QED) is 0.501. The predicted octanol–water partition coefficient (Wildman–Crippen LogP) is 2.51. The van der Waals surface area contributed by atoms with Gasteiger partial charge in [-0.25, -0.2) is 0 Å². The molecule has 1 aromatic rings. The van der Waals surface area contributed by atoms with Crippen molar-refractivity contribution in [3.05, 3.63) is 24.3 Å². The van der Waals surface area contributed by atoms with Crippen molar-refractivity contribution in [3.8, 4) is 5.75 Å². The third kappa shape index (κ3) is 5.19. The summed E-state index contributed by atoms with van der Waals surface area (Å²) in [7, 11) is 0. The average Bonchev–Trinajstić information content (AvgIpc) is 3.36. The lowest BCUT2D eigenvalue weighted by molar-refractivity contribution is -0.145. The predicted molar refractivity (Wildman–Crippen MR) is 107 cm³/mol. The van der Waals surface area contributed by atoms with Gasteiger partial charge < -0.3 is 19.7 Å². The van der Waals surface area contributed by atoms with Crippen molar-refractivity contribution in [2.24, 2.45) is 11.8 Å². The number of amides is 2. The number of carbonyl (C=O) groups excluding carboxylic acids is 3. The number of ether oxygens (including phenoxy) is 2. The highest BCUT2D eigenvalue weighted by atomic mass is 32.2. The third-order valence-corrected chi connectivity index (χ3v) is 6.13. The summed E-state index contributed by atoms with van der Waals surface area (Å²) >= 11 is 1.62. The van der Waals surface area contributed by atoms with E-state index < -0.39 is 0 Å². The summed E-state index contributed by atoms with van der Waals surface area (Å²) in [5.74, 6) is 1.12. The second-order valence-corrected chi connectivity index (χ2v) is 8.06. The number of thioether (sulfide) groups is 1. The molecule has 28 heavy (non-hydrogen) atoms. The fraction of sp³-hybridized carbons (Fsp3) is 0.550. The number of hydrogen-bond acceptors (Lipinski definition) is 6. The van der Waals surface area contributed by atoms with Gasteiger partial charge in [-0.3, -0.25) is 14.4 Å². The summed E-state index contributed by atoms with van der Waals surface area (Å²) < 4.78 is 10.9. The Labute approximate surface area is 169 Å². The van der Waals surface area contributed by atoms with Crippen molar-refractivity contribution in [2.75, 3.05) is 30.8 Å². The van der Waals surface area contributed by atoms with Crippen LogP contribution in [0.5, 0.6) is 5.75 Å². The highest BCUT2D eigenvalue weighted by Crippen LogP contribution is 2.49. The molecular formula is C20H26N2O5S. The van der Waals surface area contributed by atoms with E-state index in [2.05, 4.69) is 5.32 Å². The molecule has 2 aliphatic rings. The van der Waals surface area contributed by atoms with Gasteiger partial charge in [-0.15, -0.1) is 11.8 Å². The lowest BCUT2D eigenvalue weighted by Crippen LogP contribution is -2.36. The van der Waals surface area contributed by atoms with Gasteiger partial charge in [-0.1, -0.05) is 6.07 Å². The van der Waals surface area contributed by atoms with E-state index in [1.807, 2.05) is 17.0 Å². The largest absolute Gasteiger partial charge is 0.493 e. The van der Waals surface area contributed by atoms with Crippen LogP contribution in [-0.4, -0.2) is 53.6 Å². The number of nitrogens with zero attached hydrogens (tertiary/aromatic N) is 1. The first-order valence-electron chi connectivity index (χ1n) is 9.57. The van der Waals surface area contributed by atoms with Crippen molar-refractivity contribution in [2.45, 2.75) is 32.1 Å². The van der Waals surface area contributed by atoms with Crippen LogP contribution in [0.2, 0.25) is 0 Å². The lowest BCUT2D eigenvalue weighted by atomic mass is 10.2. The van der Waals surface area contributed by atoms with Crippen LogP contribution in [-0.2, 0) is 19.1 Å². The Bertz CT molecular complexity index is 741. The fourth-order valence-electron chi connectivity index (χ4n) is 3.42. The van der Waals surface area contributed by atoms with Crippen LogP contribution in [0.25, 0.3) is 0 Å². The van der Waals surface area contributed by atoms with Crippen LogP contribution in [0.15, 0.2) is 24.3 Å². The van der Waals surface area contributed by atoms with Gasteiger partial charge >= 0.3 is 5.97 Å².